The Balaban J connectivity index is 1.64. The zero-order valence-electron chi connectivity index (χ0n) is 14.0. The Morgan fingerprint density at radius 2 is 2.00 bits per heavy atom. The van der Waals surface area contributed by atoms with Crippen molar-refractivity contribution >= 4 is 23.4 Å². The Labute approximate surface area is 154 Å². The fraction of sp³-hybridized carbons (Fsp3) is 0.176. The van der Waals surface area contributed by atoms with E-state index in [1.807, 2.05) is 19.1 Å². The lowest BCUT2D eigenvalue weighted by Crippen LogP contribution is -2.15. The number of anilines is 1. The molecule has 2 N–H and O–H groups in total. The van der Waals surface area contributed by atoms with E-state index >= 15 is 0 Å². The van der Waals surface area contributed by atoms with Gasteiger partial charge >= 0.3 is 0 Å². The summed E-state index contributed by atoms with van der Waals surface area (Å²) in [6.07, 6.45) is 0. The van der Waals surface area contributed by atoms with E-state index in [1.54, 1.807) is 36.4 Å². The number of phenolic OH excluding ortho intramolecular Hbond substituents is 1. The first-order valence-corrected chi connectivity index (χ1v) is 8.88. The van der Waals surface area contributed by atoms with Crippen molar-refractivity contribution < 1.29 is 14.6 Å². The number of hydrogen-bond donors (Lipinski definition) is 2. The summed E-state index contributed by atoms with van der Waals surface area (Å²) in [5.41, 5.74) is 1.32. The molecule has 0 saturated heterocycles. The molecule has 0 atom stereocenters. The molecule has 0 saturated carbocycles. The van der Waals surface area contributed by atoms with Crippen molar-refractivity contribution in [2.75, 3.05) is 17.7 Å². The van der Waals surface area contributed by atoms with Crippen molar-refractivity contribution in [3.63, 3.8) is 0 Å². The average Bonchev–Trinajstić information content (AvgIpc) is 3.11. The second-order valence-corrected chi connectivity index (χ2v) is 6.10. The van der Waals surface area contributed by atoms with Gasteiger partial charge in [-0.15, -0.1) is 5.10 Å². The van der Waals surface area contributed by atoms with E-state index in [4.69, 9.17) is 4.74 Å². The third-order valence-corrected chi connectivity index (χ3v) is 4.25. The Bertz CT molecular complexity index is 882. The predicted molar refractivity (Wildman–Crippen MR) is 97.8 cm³/mol. The summed E-state index contributed by atoms with van der Waals surface area (Å²) in [6, 6.07) is 13.7. The maximum absolute atomic E-state index is 12.3. The molecular weight excluding hydrogens is 354 g/mol. The van der Waals surface area contributed by atoms with Gasteiger partial charge in [0, 0.05) is 0 Å². The molecule has 1 amide bonds. The van der Waals surface area contributed by atoms with Crippen molar-refractivity contribution in [3.8, 4) is 17.2 Å². The fourth-order valence-corrected chi connectivity index (χ4v) is 2.88. The van der Waals surface area contributed by atoms with Crippen LogP contribution in [0.4, 0.5) is 5.69 Å². The Morgan fingerprint density at radius 3 is 2.77 bits per heavy atom. The fourth-order valence-electron chi connectivity index (χ4n) is 2.19. The summed E-state index contributed by atoms with van der Waals surface area (Å²) in [5.74, 6) is 0.729. The van der Waals surface area contributed by atoms with Gasteiger partial charge in [-0.3, -0.25) is 4.79 Å². The summed E-state index contributed by atoms with van der Waals surface area (Å²) in [7, 11) is 0. The highest BCUT2D eigenvalue weighted by Crippen LogP contribution is 2.25. The second kappa shape index (κ2) is 8.34. The maximum atomic E-state index is 12.3. The zero-order chi connectivity index (χ0) is 18.4. The number of ether oxygens (including phenoxy) is 1. The average molecular weight is 371 g/mol. The minimum Gasteiger partial charge on any atom is -0.508 e. The second-order valence-electron chi connectivity index (χ2n) is 5.16. The topological polar surface area (TPSA) is 102 Å². The summed E-state index contributed by atoms with van der Waals surface area (Å²) >= 11 is 1.21. The molecule has 0 radical (unpaired) electrons. The highest BCUT2D eigenvalue weighted by atomic mass is 32.2. The van der Waals surface area contributed by atoms with Crippen molar-refractivity contribution in [2.24, 2.45) is 0 Å². The third kappa shape index (κ3) is 4.31. The van der Waals surface area contributed by atoms with Crippen LogP contribution in [-0.4, -0.2) is 43.6 Å². The van der Waals surface area contributed by atoms with Crippen molar-refractivity contribution in [1.82, 2.24) is 20.2 Å². The lowest BCUT2D eigenvalue weighted by molar-refractivity contribution is -0.113. The van der Waals surface area contributed by atoms with E-state index in [-0.39, 0.29) is 17.4 Å². The largest absolute Gasteiger partial charge is 0.508 e. The van der Waals surface area contributed by atoms with Gasteiger partial charge in [-0.25, -0.2) is 0 Å². The minimum atomic E-state index is -0.192. The smallest absolute Gasteiger partial charge is 0.234 e. The van der Waals surface area contributed by atoms with Gasteiger partial charge in [0.05, 0.1) is 23.7 Å². The van der Waals surface area contributed by atoms with E-state index in [1.165, 1.54) is 16.4 Å². The molecule has 134 valence electrons. The third-order valence-electron chi connectivity index (χ3n) is 3.33. The van der Waals surface area contributed by atoms with Gasteiger partial charge in [0.2, 0.25) is 11.1 Å². The number of benzene rings is 2. The molecule has 1 heterocycles. The summed E-state index contributed by atoms with van der Waals surface area (Å²) in [5, 5.41) is 24.2. The highest BCUT2D eigenvalue weighted by Gasteiger charge is 2.13. The number of carbonyl (C=O) groups excluding carboxylic acids is 1. The summed E-state index contributed by atoms with van der Waals surface area (Å²) in [6.45, 7) is 2.40. The molecule has 0 aliphatic carbocycles. The van der Waals surface area contributed by atoms with Crippen LogP contribution in [0, 0.1) is 0 Å². The SMILES string of the molecule is CCOc1ccccc1NC(=O)CSc1nnnn1-c1ccc(O)cc1. The monoisotopic (exact) mass is 371 g/mol. The molecule has 8 nitrogen and oxygen atoms in total. The summed E-state index contributed by atoms with van der Waals surface area (Å²) < 4.78 is 7.00. The Morgan fingerprint density at radius 1 is 1.23 bits per heavy atom. The highest BCUT2D eigenvalue weighted by molar-refractivity contribution is 7.99. The Kier molecular flexibility index (Phi) is 5.69. The number of tetrazole rings is 1. The molecule has 0 spiro atoms. The molecule has 0 aliphatic heterocycles. The molecule has 3 aromatic rings. The van der Waals surface area contributed by atoms with Crippen LogP contribution in [0.3, 0.4) is 0 Å². The first-order valence-electron chi connectivity index (χ1n) is 7.89. The quantitative estimate of drug-likeness (QED) is 0.615. The number of para-hydroxylation sites is 2. The maximum Gasteiger partial charge on any atom is 0.234 e. The van der Waals surface area contributed by atoms with E-state index in [0.717, 1.165) is 0 Å². The summed E-state index contributed by atoms with van der Waals surface area (Å²) in [4.78, 5) is 12.3. The van der Waals surface area contributed by atoms with Gasteiger partial charge in [-0.1, -0.05) is 23.9 Å². The molecule has 0 aliphatic rings. The van der Waals surface area contributed by atoms with Crippen LogP contribution < -0.4 is 10.1 Å². The zero-order valence-corrected chi connectivity index (χ0v) is 14.8. The van der Waals surface area contributed by atoms with Crippen molar-refractivity contribution in [1.29, 1.82) is 0 Å². The number of aromatic hydroxyl groups is 1. The number of phenols is 1. The number of nitrogens with zero attached hydrogens (tertiary/aromatic N) is 4. The van der Waals surface area contributed by atoms with Crippen LogP contribution in [0.5, 0.6) is 11.5 Å². The van der Waals surface area contributed by atoms with Crippen LogP contribution >= 0.6 is 11.8 Å². The number of hydrogen-bond acceptors (Lipinski definition) is 7. The van der Waals surface area contributed by atoms with Gasteiger partial charge in [0.15, 0.2) is 0 Å². The van der Waals surface area contributed by atoms with E-state index < -0.39 is 0 Å². The molecule has 1 aromatic heterocycles. The normalized spacial score (nSPS) is 10.5. The van der Waals surface area contributed by atoms with E-state index in [9.17, 15) is 9.90 Å². The van der Waals surface area contributed by atoms with Gasteiger partial charge < -0.3 is 15.2 Å². The van der Waals surface area contributed by atoms with Gasteiger partial charge in [-0.2, -0.15) is 4.68 Å². The first kappa shape index (κ1) is 17.7. The van der Waals surface area contributed by atoms with E-state index in [2.05, 4.69) is 20.8 Å². The predicted octanol–water partition coefficient (Wildman–Crippen LogP) is 2.50. The lowest BCUT2D eigenvalue weighted by atomic mass is 10.3. The number of carbonyl (C=O) groups is 1. The van der Waals surface area contributed by atoms with Gasteiger partial charge in [-0.05, 0) is 53.7 Å². The van der Waals surface area contributed by atoms with Crippen LogP contribution in [0.15, 0.2) is 53.7 Å². The van der Waals surface area contributed by atoms with E-state index in [0.29, 0.717) is 28.9 Å². The lowest BCUT2D eigenvalue weighted by Gasteiger charge is -2.11. The molecule has 0 bridgehead atoms. The molecule has 0 unspecified atom stereocenters. The standard InChI is InChI=1S/C17H17N5O3S/c1-2-25-15-6-4-3-5-14(15)18-16(24)11-26-17-19-20-21-22(17)12-7-9-13(23)10-8-12/h3-10,23H,2,11H2,1H3,(H,18,24). The van der Waals surface area contributed by atoms with Crippen molar-refractivity contribution in [2.45, 2.75) is 12.1 Å². The molecular formula is C17H17N5O3S. The minimum absolute atomic E-state index is 0.138. The van der Waals surface area contributed by atoms with Crippen LogP contribution in [0.2, 0.25) is 0 Å². The number of rotatable bonds is 7. The molecule has 2 aromatic carbocycles. The number of aromatic nitrogens is 4. The number of thioether (sulfide) groups is 1. The number of nitrogens with one attached hydrogen (secondary N) is 1. The van der Waals surface area contributed by atoms with Gasteiger partial charge in [0.25, 0.3) is 0 Å². The molecule has 9 heteroatoms. The number of amides is 1. The molecule has 3 rings (SSSR count). The van der Waals surface area contributed by atoms with Crippen LogP contribution in [0.25, 0.3) is 5.69 Å². The Hall–Kier alpha value is -3.07. The van der Waals surface area contributed by atoms with Gasteiger partial charge in [0.1, 0.15) is 11.5 Å². The van der Waals surface area contributed by atoms with Crippen LogP contribution in [-0.2, 0) is 4.79 Å². The molecule has 26 heavy (non-hydrogen) atoms. The van der Waals surface area contributed by atoms with Crippen LogP contribution in [0.1, 0.15) is 6.92 Å². The molecule has 0 fully saturated rings. The van der Waals surface area contributed by atoms with Crippen molar-refractivity contribution in [3.05, 3.63) is 48.5 Å². The first-order chi connectivity index (χ1) is 12.7.